The summed E-state index contributed by atoms with van der Waals surface area (Å²) in [6.45, 7) is 2.13. The molecule has 0 aromatic carbocycles. The highest BCUT2D eigenvalue weighted by molar-refractivity contribution is 5.26. The lowest BCUT2D eigenvalue weighted by Crippen LogP contribution is -2.30. The predicted molar refractivity (Wildman–Crippen MR) is 66.5 cm³/mol. The van der Waals surface area contributed by atoms with E-state index in [4.69, 9.17) is 10.6 Å². The largest absolute Gasteiger partial charge is 0.472 e. The molecule has 0 spiro atoms. The van der Waals surface area contributed by atoms with Gasteiger partial charge in [-0.2, -0.15) is 9.37 Å². The lowest BCUT2D eigenvalue weighted by Gasteiger charge is -2.30. The van der Waals surface area contributed by atoms with Crippen LogP contribution in [0.3, 0.4) is 0 Å². The highest BCUT2D eigenvalue weighted by Crippen LogP contribution is 2.30. The Morgan fingerprint density at radius 3 is 3.00 bits per heavy atom. The molecule has 5 nitrogen and oxygen atoms in total. The van der Waals surface area contributed by atoms with Crippen LogP contribution in [0.2, 0.25) is 0 Å². The summed E-state index contributed by atoms with van der Waals surface area (Å²) in [6, 6.07) is 0. The summed E-state index contributed by atoms with van der Waals surface area (Å²) < 4.78 is 19.3. The van der Waals surface area contributed by atoms with Crippen molar-refractivity contribution in [2.45, 2.75) is 45.1 Å². The number of anilines is 1. The lowest BCUT2D eigenvalue weighted by molar-refractivity contribution is 0.0813. The molecule has 2 rings (SSSR count). The molecule has 0 amide bonds. The Morgan fingerprint density at radius 2 is 2.28 bits per heavy atom. The van der Waals surface area contributed by atoms with Crippen LogP contribution in [0.15, 0.2) is 6.20 Å². The van der Waals surface area contributed by atoms with Crippen LogP contribution in [0.4, 0.5) is 10.3 Å². The van der Waals surface area contributed by atoms with Crippen molar-refractivity contribution in [1.82, 2.24) is 9.97 Å². The Labute approximate surface area is 106 Å². The van der Waals surface area contributed by atoms with E-state index >= 15 is 0 Å². The Hall–Kier alpha value is -1.43. The van der Waals surface area contributed by atoms with E-state index in [1.165, 1.54) is 6.42 Å². The van der Waals surface area contributed by atoms with Gasteiger partial charge in [0.05, 0.1) is 6.20 Å². The van der Waals surface area contributed by atoms with Gasteiger partial charge in [-0.15, -0.1) is 0 Å². The fourth-order valence-electron chi connectivity index (χ4n) is 2.44. The van der Waals surface area contributed by atoms with Gasteiger partial charge < -0.3 is 4.74 Å². The van der Waals surface area contributed by atoms with Crippen LogP contribution in [0, 0.1) is 11.7 Å². The number of nitrogens with one attached hydrogen (secondary N) is 1. The van der Waals surface area contributed by atoms with Crippen LogP contribution in [0.25, 0.3) is 0 Å². The number of nitrogens with two attached hydrogens (primary N) is 1. The van der Waals surface area contributed by atoms with E-state index in [0.717, 1.165) is 31.9 Å². The molecule has 1 heterocycles. The van der Waals surface area contributed by atoms with Gasteiger partial charge in [-0.05, 0) is 31.6 Å². The van der Waals surface area contributed by atoms with Crippen molar-refractivity contribution in [3.8, 4) is 5.88 Å². The fraction of sp³-hybridized carbons (Fsp3) is 0.667. The highest BCUT2D eigenvalue weighted by Gasteiger charge is 2.26. The third-order valence-electron chi connectivity index (χ3n) is 3.47. The quantitative estimate of drug-likeness (QED) is 0.637. The van der Waals surface area contributed by atoms with Gasteiger partial charge in [0, 0.05) is 0 Å². The molecule has 18 heavy (non-hydrogen) atoms. The first-order valence-corrected chi connectivity index (χ1v) is 6.40. The normalized spacial score (nSPS) is 23.7. The summed E-state index contributed by atoms with van der Waals surface area (Å²) in [5.41, 5.74) is 2.29. The minimum atomic E-state index is -0.547. The molecule has 1 fully saturated rings. The molecular weight excluding hydrogens is 235 g/mol. The monoisotopic (exact) mass is 254 g/mol. The van der Waals surface area contributed by atoms with Crippen LogP contribution in [0.1, 0.15) is 39.0 Å². The standard InChI is InChI=1S/C12H19FN4O/c1-2-8-5-3-4-6-10(8)18-11-9(13)7-15-12(16-11)17-14/h7-8,10H,2-6,14H2,1H3,(H,15,16,17). The van der Waals surface area contributed by atoms with Gasteiger partial charge >= 0.3 is 0 Å². The lowest BCUT2D eigenvalue weighted by atomic mass is 9.85. The minimum absolute atomic E-state index is 0.0108. The molecule has 0 saturated heterocycles. The number of hydrazine groups is 1. The number of hydrogen-bond acceptors (Lipinski definition) is 5. The van der Waals surface area contributed by atoms with E-state index in [1.807, 2.05) is 0 Å². The van der Waals surface area contributed by atoms with E-state index in [0.29, 0.717) is 5.92 Å². The molecule has 1 aromatic heterocycles. The maximum absolute atomic E-state index is 13.6. The Bertz CT molecular complexity index is 402. The molecule has 1 aliphatic carbocycles. The number of nitrogen functional groups attached to an aromatic ring is 1. The summed E-state index contributed by atoms with van der Waals surface area (Å²) in [7, 11) is 0. The molecule has 3 N–H and O–H groups in total. The molecule has 2 atom stereocenters. The van der Waals surface area contributed by atoms with Crippen molar-refractivity contribution in [2.24, 2.45) is 11.8 Å². The summed E-state index contributed by atoms with van der Waals surface area (Å²) in [5, 5.41) is 0. The Kier molecular flexibility index (Phi) is 4.30. The van der Waals surface area contributed by atoms with Crippen molar-refractivity contribution >= 4 is 5.95 Å². The summed E-state index contributed by atoms with van der Waals surface area (Å²) in [4.78, 5) is 7.60. The maximum atomic E-state index is 13.6. The molecule has 0 radical (unpaired) electrons. The first-order chi connectivity index (χ1) is 8.74. The van der Waals surface area contributed by atoms with Crippen molar-refractivity contribution in [3.05, 3.63) is 12.0 Å². The molecule has 2 unspecified atom stereocenters. The summed E-state index contributed by atoms with van der Waals surface area (Å²) in [5.74, 6) is 5.28. The number of nitrogens with zero attached hydrogens (tertiary/aromatic N) is 2. The number of hydrogen-bond donors (Lipinski definition) is 2. The minimum Gasteiger partial charge on any atom is -0.472 e. The Balaban J connectivity index is 2.11. The number of aromatic nitrogens is 2. The zero-order valence-corrected chi connectivity index (χ0v) is 10.5. The maximum Gasteiger partial charge on any atom is 0.255 e. The predicted octanol–water partition coefficient (Wildman–Crippen LogP) is 2.25. The van der Waals surface area contributed by atoms with E-state index < -0.39 is 5.82 Å². The molecule has 0 aliphatic heterocycles. The van der Waals surface area contributed by atoms with Crippen LogP contribution in [0.5, 0.6) is 5.88 Å². The van der Waals surface area contributed by atoms with Gasteiger partial charge in [-0.1, -0.05) is 13.3 Å². The van der Waals surface area contributed by atoms with Crippen molar-refractivity contribution in [2.75, 3.05) is 5.43 Å². The van der Waals surface area contributed by atoms with Gasteiger partial charge in [0.2, 0.25) is 11.8 Å². The van der Waals surface area contributed by atoms with Gasteiger partial charge in [0.15, 0.2) is 0 Å². The molecule has 0 bridgehead atoms. The Morgan fingerprint density at radius 1 is 1.50 bits per heavy atom. The summed E-state index contributed by atoms with van der Waals surface area (Å²) in [6.07, 6.45) is 6.58. The molecule has 1 aliphatic rings. The first-order valence-electron chi connectivity index (χ1n) is 6.40. The van der Waals surface area contributed by atoms with Crippen LogP contribution in [-0.4, -0.2) is 16.1 Å². The van der Waals surface area contributed by atoms with Crippen LogP contribution >= 0.6 is 0 Å². The molecule has 6 heteroatoms. The molecule has 100 valence electrons. The van der Waals surface area contributed by atoms with E-state index in [9.17, 15) is 4.39 Å². The van der Waals surface area contributed by atoms with E-state index in [2.05, 4.69) is 22.3 Å². The van der Waals surface area contributed by atoms with Crippen molar-refractivity contribution in [3.63, 3.8) is 0 Å². The third-order valence-corrected chi connectivity index (χ3v) is 3.47. The molecular formula is C12H19FN4O. The third kappa shape index (κ3) is 2.87. The second-order valence-electron chi connectivity index (χ2n) is 4.60. The van der Waals surface area contributed by atoms with Gasteiger partial charge in [-0.3, -0.25) is 5.43 Å². The van der Waals surface area contributed by atoms with E-state index in [-0.39, 0.29) is 17.9 Å². The zero-order valence-electron chi connectivity index (χ0n) is 10.5. The fourth-order valence-corrected chi connectivity index (χ4v) is 2.44. The van der Waals surface area contributed by atoms with Gasteiger partial charge in [0.1, 0.15) is 6.10 Å². The first kappa shape index (κ1) is 13.0. The second-order valence-corrected chi connectivity index (χ2v) is 4.60. The number of halogens is 1. The van der Waals surface area contributed by atoms with Crippen molar-refractivity contribution in [1.29, 1.82) is 0 Å². The zero-order chi connectivity index (χ0) is 13.0. The number of rotatable bonds is 4. The van der Waals surface area contributed by atoms with E-state index in [1.54, 1.807) is 0 Å². The van der Waals surface area contributed by atoms with Gasteiger partial charge in [-0.25, -0.2) is 10.8 Å². The molecule has 1 aromatic rings. The topological polar surface area (TPSA) is 73.1 Å². The van der Waals surface area contributed by atoms with Crippen molar-refractivity contribution < 1.29 is 9.13 Å². The smallest absolute Gasteiger partial charge is 0.255 e. The van der Waals surface area contributed by atoms with Crippen LogP contribution < -0.4 is 16.0 Å². The average molecular weight is 254 g/mol. The van der Waals surface area contributed by atoms with Crippen LogP contribution in [-0.2, 0) is 0 Å². The number of ether oxygens (including phenoxy) is 1. The highest BCUT2D eigenvalue weighted by atomic mass is 19.1. The second kappa shape index (κ2) is 5.95. The molecule has 1 saturated carbocycles. The average Bonchev–Trinajstić information content (AvgIpc) is 2.42. The van der Waals surface area contributed by atoms with Gasteiger partial charge in [0.25, 0.3) is 5.88 Å². The SMILES string of the molecule is CCC1CCCCC1Oc1nc(NN)ncc1F. The summed E-state index contributed by atoms with van der Waals surface area (Å²) >= 11 is 0.